The van der Waals surface area contributed by atoms with Crippen LogP contribution in [0.15, 0.2) is 0 Å². The molecule has 1 atom stereocenters. The summed E-state index contributed by atoms with van der Waals surface area (Å²) in [5.41, 5.74) is 3.68. The Bertz CT molecular complexity index is 709. The van der Waals surface area contributed by atoms with Gasteiger partial charge in [-0.25, -0.2) is 0 Å². The van der Waals surface area contributed by atoms with Crippen LogP contribution >= 0.6 is 11.3 Å². The van der Waals surface area contributed by atoms with Crippen molar-refractivity contribution in [2.75, 3.05) is 12.4 Å². The molecular formula is C16H24N6OS. The van der Waals surface area contributed by atoms with E-state index in [9.17, 15) is 4.79 Å². The molecule has 3 rings (SSSR count). The van der Waals surface area contributed by atoms with Gasteiger partial charge in [0.25, 0.3) is 0 Å². The highest BCUT2D eigenvalue weighted by Gasteiger charge is 2.23. The van der Waals surface area contributed by atoms with Gasteiger partial charge in [0, 0.05) is 12.2 Å². The molecule has 0 aliphatic heterocycles. The quantitative estimate of drug-likeness (QED) is 0.835. The van der Waals surface area contributed by atoms with Crippen LogP contribution in [-0.4, -0.2) is 44.3 Å². The molecule has 1 aliphatic carbocycles. The van der Waals surface area contributed by atoms with E-state index in [-0.39, 0.29) is 11.9 Å². The first-order valence-electron chi connectivity index (χ1n) is 8.47. The van der Waals surface area contributed by atoms with E-state index in [2.05, 4.69) is 25.7 Å². The first-order chi connectivity index (χ1) is 11.6. The minimum Gasteiger partial charge on any atom is -0.299 e. The first kappa shape index (κ1) is 17.0. The van der Waals surface area contributed by atoms with Gasteiger partial charge in [-0.3, -0.25) is 20.1 Å². The molecule has 7 nitrogen and oxygen atoms in total. The number of nitrogens with zero attached hydrogens (tertiary/aromatic N) is 4. The number of anilines is 1. The Hall–Kier alpha value is -1.80. The summed E-state index contributed by atoms with van der Waals surface area (Å²) in [6.45, 7) is 4.58. The molecule has 0 unspecified atom stereocenters. The number of carbonyl (C=O) groups excluding carboxylic acids is 1. The summed E-state index contributed by atoms with van der Waals surface area (Å²) in [6.07, 6.45) is 5.44. The molecule has 1 amide bonds. The average Bonchev–Trinajstić information content (AvgIpc) is 3.21. The van der Waals surface area contributed by atoms with Crippen molar-refractivity contribution >= 4 is 22.4 Å². The molecule has 0 saturated carbocycles. The van der Waals surface area contributed by atoms with Crippen molar-refractivity contribution in [1.29, 1.82) is 0 Å². The van der Waals surface area contributed by atoms with Crippen LogP contribution in [0.3, 0.4) is 0 Å². The van der Waals surface area contributed by atoms with E-state index in [4.69, 9.17) is 0 Å². The maximum Gasteiger partial charge on any atom is 0.243 e. The van der Waals surface area contributed by atoms with Crippen molar-refractivity contribution in [2.45, 2.75) is 58.5 Å². The van der Waals surface area contributed by atoms with Gasteiger partial charge in [-0.15, -0.1) is 10.2 Å². The monoisotopic (exact) mass is 348 g/mol. The molecule has 2 aromatic rings. The van der Waals surface area contributed by atoms with Gasteiger partial charge in [-0.2, -0.15) is 5.10 Å². The maximum absolute atomic E-state index is 12.4. The fourth-order valence-corrected chi connectivity index (χ4v) is 3.59. The third kappa shape index (κ3) is 3.64. The molecule has 1 aliphatic rings. The van der Waals surface area contributed by atoms with Crippen molar-refractivity contribution in [3.8, 4) is 0 Å². The topological polar surface area (TPSA) is 86.8 Å². The number of rotatable bonds is 6. The molecule has 2 heterocycles. The van der Waals surface area contributed by atoms with Gasteiger partial charge in [-0.1, -0.05) is 18.3 Å². The Balaban J connectivity index is 1.60. The van der Waals surface area contributed by atoms with Crippen LogP contribution in [-0.2, 0) is 30.6 Å². The molecule has 24 heavy (non-hydrogen) atoms. The SMILES string of the molecule is CCc1nnc(NC(=O)[C@@H](C)N(C)Cc2n[nH]c3c2CCCC3)s1. The zero-order chi connectivity index (χ0) is 17.1. The summed E-state index contributed by atoms with van der Waals surface area (Å²) < 4.78 is 0. The van der Waals surface area contributed by atoms with Gasteiger partial charge in [0.15, 0.2) is 0 Å². The molecule has 0 spiro atoms. The van der Waals surface area contributed by atoms with Crippen LogP contribution in [0.5, 0.6) is 0 Å². The maximum atomic E-state index is 12.4. The third-order valence-corrected chi connectivity index (χ3v) is 5.56. The first-order valence-corrected chi connectivity index (χ1v) is 9.28. The number of likely N-dealkylation sites (N-methyl/N-ethyl adjacent to an activating group) is 1. The highest BCUT2D eigenvalue weighted by Crippen LogP contribution is 2.23. The van der Waals surface area contributed by atoms with Crippen molar-refractivity contribution in [3.05, 3.63) is 22.0 Å². The number of amides is 1. The fraction of sp³-hybridized carbons (Fsp3) is 0.625. The molecule has 130 valence electrons. The standard InChI is InChI=1S/C16H24N6OS/c1-4-14-20-21-16(24-14)17-15(23)10(2)22(3)9-13-11-7-5-6-8-12(11)18-19-13/h10H,4-9H2,1-3H3,(H,18,19)(H,17,21,23)/t10-/m1/s1. The molecule has 0 fully saturated rings. The van der Waals surface area contributed by atoms with Crippen LogP contribution in [0.1, 0.15) is 48.6 Å². The Kier molecular flexibility index (Phi) is 5.25. The van der Waals surface area contributed by atoms with Gasteiger partial charge in [0.2, 0.25) is 11.0 Å². The number of hydrogen-bond acceptors (Lipinski definition) is 6. The second kappa shape index (κ2) is 7.40. The van der Waals surface area contributed by atoms with E-state index in [0.717, 1.165) is 30.0 Å². The van der Waals surface area contributed by atoms with E-state index in [1.807, 2.05) is 25.8 Å². The normalized spacial score (nSPS) is 15.3. The number of carbonyl (C=O) groups is 1. The molecule has 0 bridgehead atoms. The predicted octanol–water partition coefficient (Wildman–Crippen LogP) is 2.16. The molecule has 0 aromatic carbocycles. The summed E-state index contributed by atoms with van der Waals surface area (Å²) in [7, 11) is 1.95. The Labute approximate surface area is 145 Å². The van der Waals surface area contributed by atoms with Crippen LogP contribution < -0.4 is 5.32 Å². The van der Waals surface area contributed by atoms with Crippen LogP contribution in [0.2, 0.25) is 0 Å². The van der Waals surface area contributed by atoms with Crippen molar-refractivity contribution in [2.24, 2.45) is 0 Å². The lowest BCUT2D eigenvalue weighted by molar-refractivity contribution is -0.120. The number of nitrogens with one attached hydrogen (secondary N) is 2. The summed E-state index contributed by atoms with van der Waals surface area (Å²) >= 11 is 1.42. The Morgan fingerprint density at radius 2 is 2.17 bits per heavy atom. The highest BCUT2D eigenvalue weighted by molar-refractivity contribution is 7.15. The van der Waals surface area contributed by atoms with E-state index in [1.54, 1.807) is 0 Å². The van der Waals surface area contributed by atoms with Crippen molar-refractivity contribution in [3.63, 3.8) is 0 Å². The third-order valence-electron chi connectivity index (χ3n) is 4.58. The molecule has 2 aromatic heterocycles. The van der Waals surface area contributed by atoms with Crippen molar-refractivity contribution < 1.29 is 4.79 Å². The van der Waals surface area contributed by atoms with E-state index >= 15 is 0 Å². The molecule has 2 N–H and O–H groups in total. The molecule has 0 saturated heterocycles. The second-order valence-electron chi connectivity index (χ2n) is 6.27. The van der Waals surface area contributed by atoms with E-state index in [0.29, 0.717) is 11.7 Å². The highest BCUT2D eigenvalue weighted by atomic mass is 32.1. The number of H-pyrrole nitrogens is 1. The zero-order valence-corrected chi connectivity index (χ0v) is 15.2. The zero-order valence-electron chi connectivity index (χ0n) is 14.4. The number of aromatic amines is 1. The van der Waals surface area contributed by atoms with Gasteiger partial charge in [0.05, 0.1) is 11.7 Å². The lowest BCUT2D eigenvalue weighted by Gasteiger charge is -2.23. The van der Waals surface area contributed by atoms with Gasteiger partial charge in [-0.05, 0) is 51.6 Å². The predicted molar refractivity (Wildman–Crippen MR) is 94.1 cm³/mol. The molecule has 8 heteroatoms. The van der Waals surface area contributed by atoms with Crippen LogP contribution in [0.4, 0.5) is 5.13 Å². The van der Waals surface area contributed by atoms with E-state index < -0.39 is 0 Å². The van der Waals surface area contributed by atoms with E-state index in [1.165, 1.54) is 35.4 Å². The lowest BCUT2D eigenvalue weighted by Crippen LogP contribution is -2.39. The summed E-state index contributed by atoms with van der Waals surface area (Å²) in [5.74, 6) is -0.0688. The summed E-state index contributed by atoms with van der Waals surface area (Å²) in [6, 6.07) is -0.269. The largest absolute Gasteiger partial charge is 0.299 e. The Morgan fingerprint density at radius 1 is 1.38 bits per heavy atom. The molecular weight excluding hydrogens is 324 g/mol. The fourth-order valence-electron chi connectivity index (χ4n) is 2.91. The Morgan fingerprint density at radius 3 is 2.92 bits per heavy atom. The summed E-state index contributed by atoms with van der Waals surface area (Å²) in [4.78, 5) is 14.4. The van der Waals surface area contributed by atoms with Gasteiger partial charge < -0.3 is 0 Å². The minimum absolute atomic E-state index is 0.0688. The second-order valence-corrected chi connectivity index (χ2v) is 7.33. The van der Waals surface area contributed by atoms with Crippen LogP contribution in [0.25, 0.3) is 0 Å². The number of hydrogen-bond donors (Lipinski definition) is 2. The average molecular weight is 348 g/mol. The smallest absolute Gasteiger partial charge is 0.243 e. The number of aromatic nitrogens is 4. The lowest BCUT2D eigenvalue weighted by atomic mass is 9.96. The number of aryl methyl sites for hydroxylation is 2. The van der Waals surface area contributed by atoms with Gasteiger partial charge in [0.1, 0.15) is 5.01 Å². The van der Waals surface area contributed by atoms with Gasteiger partial charge >= 0.3 is 0 Å². The van der Waals surface area contributed by atoms with Crippen LogP contribution in [0, 0.1) is 0 Å². The molecule has 0 radical (unpaired) electrons. The van der Waals surface area contributed by atoms with Crippen molar-refractivity contribution in [1.82, 2.24) is 25.3 Å². The number of fused-ring (bicyclic) bond motifs is 1. The summed E-state index contributed by atoms with van der Waals surface area (Å²) in [5, 5.41) is 20.0. The minimum atomic E-state index is -0.269.